The molecule has 1 saturated heterocycles. The number of aromatic nitrogens is 2. The first kappa shape index (κ1) is 19.5. The molecular weight excluding hydrogens is 393 g/mol. The quantitative estimate of drug-likeness (QED) is 0.650. The maximum Gasteiger partial charge on any atom is 0.187 e. The van der Waals surface area contributed by atoms with Gasteiger partial charge in [0.1, 0.15) is 5.82 Å². The highest BCUT2D eigenvalue weighted by atomic mass is 19.1. The number of hydrazone groups is 1. The SMILES string of the molecule is O=C1CCN(C2CCN(c3ccc(F)cc3)CC2)N=C1c1ccnn1-c1ccccc1. The largest absolute Gasteiger partial charge is 0.371 e. The Labute approximate surface area is 180 Å². The van der Waals surface area contributed by atoms with E-state index in [4.69, 9.17) is 5.10 Å². The number of ketones is 1. The van der Waals surface area contributed by atoms with Gasteiger partial charge in [0.25, 0.3) is 0 Å². The Morgan fingerprint density at radius 1 is 0.871 bits per heavy atom. The summed E-state index contributed by atoms with van der Waals surface area (Å²) in [7, 11) is 0. The summed E-state index contributed by atoms with van der Waals surface area (Å²) in [6.07, 6.45) is 4.05. The third-order valence-corrected chi connectivity index (χ3v) is 6.02. The van der Waals surface area contributed by atoms with Crippen LogP contribution in [-0.4, -0.2) is 52.0 Å². The second-order valence-electron chi connectivity index (χ2n) is 7.94. The number of nitrogens with zero attached hydrogens (tertiary/aromatic N) is 5. The number of Topliss-reactive ketones (excluding diaryl/α,β-unsaturated/α-hetero) is 1. The Kier molecular flexibility index (Phi) is 5.24. The Bertz CT molecular complexity index is 1080. The summed E-state index contributed by atoms with van der Waals surface area (Å²) in [5, 5.41) is 11.3. The van der Waals surface area contributed by atoms with Gasteiger partial charge in [-0.2, -0.15) is 10.2 Å². The number of rotatable bonds is 4. The van der Waals surface area contributed by atoms with E-state index in [0.717, 1.165) is 43.0 Å². The molecule has 3 heterocycles. The van der Waals surface area contributed by atoms with Gasteiger partial charge in [0.15, 0.2) is 11.5 Å². The summed E-state index contributed by atoms with van der Waals surface area (Å²) in [4.78, 5) is 15.0. The van der Waals surface area contributed by atoms with Crippen molar-refractivity contribution < 1.29 is 9.18 Å². The lowest BCUT2D eigenvalue weighted by molar-refractivity contribution is -0.114. The van der Waals surface area contributed by atoms with E-state index < -0.39 is 0 Å². The van der Waals surface area contributed by atoms with Gasteiger partial charge in [-0.15, -0.1) is 0 Å². The number of carbonyl (C=O) groups is 1. The fourth-order valence-electron chi connectivity index (χ4n) is 4.36. The van der Waals surface area contributed by atoms with Crippen molar-refractivity contribution >= 4 is 17.2 Å². The first-order valence-electron chi connectivity index (χ1n) is 10.7. The average Bonchev–Trinajstić information content (AvgIpc) is 3.30. The Morgan fingerprint density at radius 3 is 2.35 bits per heavy atom. The van der Waals surface area contributed by atoms with Crippen LogP contribution in [0, 0.1) is 5.82 Å². The lowest BCUT2D eigenvalue weighted by Crippen LogP contribution is -2.46. The van der Waals surface area contributed by atoms with Crippen LogP contribution >= 0.6 is 0 Å². The van der Waals surface area contributed by atoms with Crippen LogP contribution in [0.15, 0.2) is 72.0 Å². The minimum absolute atomic E-state index is 0.0534. The number of halogens is 1. The van der Waals surface area contributed by atoms with Gasteiger partial charge in [0, 0.05) is 31.7 Å². The molecule has 2 aromatic carbocycles. The third-order valence-electron chi connectivity index (χ3n) is 6.02. The van der Waals surface area contributed by atoms with Crippen LogP contribution in [0.2, 0.25) is 0 Å². The third kappa shape index (κ3) is 3.95. The van der Waals surface area contributed by atoms with Gasteiger partial charge in [-0.25, -0.2) is 9.07 Å². The molecule has 0 radical (unpaired) electrons. The van der Waals surface area contributed by atoms with Crippen molar-refractivity contribution in [2.24, 2.45) is 5.10 Å². The molecule has 2 aliphatic heterocycles. The van der Waals surface area contributed by atoms with Gasteiger partial charge in [0.2, 0.25) is 0 Å². The molecule has 5 rings (SSSR count). The number of carbonyl (C=O) groups excluding carboxylic acids is 1. The van der Waals surface area contributed by atoms with E-state index in [1.54, 1.807) is 10.9 Å². The number of piperidine rings is 1. The van der Waals surface area contributed by atoms with Gasteiger partial charge in [0.05, 0.1) is 23.6 Å². The first-order chi connectivity index (χ1) is 15.2. The topological polar surface area (TPSA) is 53.7 Å². The fraction of sp³-hybridized carbons (Fsp3) is 0.292. The van der Waals surface area contributed by atoms with E-state index in [1.165, 1.54) is 12.1 Å². The summed E-state index contributed by atoms with van der Waals surface area (Å²) in [6, 6.07) is 18.6. The highest BCUT2D eigenvalue weighted by Crippen LogP contribution is 2.25. The fourth-order valence-corrected chi connectivity index (χ4v) is 4.36. The van der Waals surface area contributed by atoms with E-state index in [2.05, 4.69) is 15.0 Å². The molecule has 158 valence electrons. The molecule has 0 spiro atoms. The lowest BCUT2D eigenvalue weighted by Gasteiger charge is -2.39. The summed E-state index contributed by atoms with van der Waals surface area (Å²) in [6.45, 7) is 2.41. The van der Waals surface area contributed by atoms with Gasteiger partial charge >= 0.3 is 0 Å². The maximum atomic E-state index is 13.2. The lowest BCUT2D eigenvalue weighted by atomic mass is 10.0. The van der Waals surface area contributed by atoms with Crippen molar-refractivity contribution in [3.05, 3.63) is 78.4 Å². The van der Waals surface area contributed by atoms with Crippen molar-refractivity contribution in [2.45, 2.75) is 25.3 Å². The molecule has 1 fully saturated rings. The maximum absolute atomic E-state index is 13.2. The van der Waals surface area contributed by atoms with E-state index in [1.807, 2.05) is 48.5 Å². The van der Waals surface area contributed by atoms with E-state index in [-0.39, 0.29) is 17.6 Å². The van der Waals surface area contributed by atoms with Crippen LogP contribution in [-0.2, 0) is 4.79 Å². The number of benzene rings is 2. The molecule has 3 aromatic rings. The molecule has 2 aliphatic rings. The summed E-state index contributed by atoms with van der Waals surface area (Å²) in [5.74, 6) is -0.161. The second-order valence-corrected chi connectivity index (χ2v) is 7.94. The molecule has 6 nitrogen and oxygen atoms in total. The number of hydrogen-bond acceptors (Lipinski definition) is 5. The van der Waals surface area contributed by atoms with Gasteiger partial charge in [-0.1, -0.05) is 18.2 Å². The average molecular weight is 417 g/mol. The summed E-state index contributed by atoms with van der Waals surface area (Å²) in [5.41, 5.74) is 3.16. The molecule has 31 heavy (non-hydrogen) atoms. The molecule has 0 aliphatic carbocycles. The van der Waals surface area contributed by atoms with Crippen LogP contribution < -0.4 is 4.90 Å². The normalized spacial score (nSPS) is 17.7. The van der Waals surface area contributed by atoms with Crippen LogP contribution in [0.4, 0.5) is 10.1 Å². The summed E-state index contributed by atoms with van der Waals surface area (Å²) >= 11 is 0. The number of anilines is 1. The molecule has 0 amide bonds. The molecule has 0 unspecified atom stereocenters. The zero-order chi connectivity index (χ0) is 21.2. The second kappa shape index (κ2) is 8.34. The predicted octanol–water partition coefficient (Wildman–Crippen LogP) is 3.66. The Morgan fingerprint density at radius 2 is 1.61 bits per heavy atom. The van der Waals surface area contributed by atoms with Crippen molar-refractivity contribution in [1.29, 1.82) is 0 Å². The highest BCUT2D eigenvalue weighted by molar-refractivity contribution is 6.46. The van der Waals surface area contributed by atoms with Crippen molar-refractivity contribution in [3.8, 4) is 5.69 Å². The number of hydrogen-bond donors (Lipinski definition) is 0. The van der Waals surface area contributed by atoms with E-state index >= 15 is 0 Å². The van der Waals surface area contributed by atoms with Gasteiger partial charge in [-0.3, -0.25) is 9.80 Å². The van der Waals surface area contributed by atoms with E-state index in [9.17, 15) is 9.18 Å². The molecule has 0 bridgehead atoms. The molecule has 7 heteroatoms. The van der Waals surface area contributed by atoms with Crippen molar-refractivity contribution in [2.75, 3.05) is 24.5 Å². The Balaban J connectivity index is 1.34. The Hall–Kier alpha value is -3.48. The highest BCUT2D eigenvalue weighted by Gasteiger charge is 2.30. The molecule has 0 N–H and O–H groups in total. The van der Waals surface area contributed by atoms with Crippen molar-refractivity contribution in [1.82, 2.24) is 14.8 Å². The zero-order valence-electron chi connectivity index (χ0n) is 17.2. The van der Waals surface area contributed by atoms with E-state index in [0.29, 0.717) is 18.7 Å². The first-order valence-corrected chi connectivity index (χ1v) is 10.7. The minimum atomic E-state index is -0.215. The standard InChI is InChI=1S/C24H24FN5O/c25-18-6-8-19(9-7-18)28-15-11-20(12-16-28)29-17-13-23(31)24(27-29)22-10-14-26-30(22)21-4-2-1-3-5-21/h1-10,14,20H,11-13,15-17H2. The van der Waals surface area contributed by atoms with Gasteiger partial charge < -0.3 is 4.90 Å². The smallest absolute Gasteiger partial charge is 0.187 e. The van der Waals surface area contributed by atoms with Crippen LogP contribution in [0.3, 0.4) is 0 Å². The monoisotopic (exact) mass is 417 g/mol. The zero-order valence-corrected chi connectivity index (χ0v) is 17.2. The molecule has 1 aromatic heterocycles. The summed E-state index contributed by atoms with van der Waals surface area (Å²) < 4.78 is 15.0. The van der Waals surface area contributed by atoms with Crippen LogP contribution in [0.25, 0.3) is 5.69 Å². The molecule has 0 saturated carbocycles. The van der Waals surface area contributed by atoms with Crippen molar-refractivity contribution in [3.63, 3.8) is 0 Å². The number of para-hydroxylation sites is 1. The predicted molar refractivity (Wildman–Crippen MR) is 118 cm³/mol. The van der Waals surface area contributed by atoms with Crippen LogP contribution in [0.1, 0.15) is 25.0 Å². The van der Waals surface area contributed by atoms with Gasteiger partial charge in [-0.05, 0) is 55.3 Å². The molecule has 0 atom stereocenters. The minimum Gasteiger partial charge on any atom is -0.371 e. The molecular formula is C24H24FN5O. The van der Waals surface area contributed by atoms with Crippen LogP contribution in [0.5, 0.6) is 0 Å².